The van der Waals surface area contributed by atoms with Crippen LogP contribution in [-0.2, 0) is 0 Å². The standard InChI is InChI=1S/C12H15BrN2OS/c1-7(2)15-10(4-5-14-15)12(16)11-6-9(13)8(3)17-11/h4-7,12,16H,1-3H3. The van der Waals surface area contributed by atoms with Crippen molar-refractivity contribution in [3.63, 3.8) is 0 Å². The van der Waals surface area contributed by atoms with Crippen molar-refractivity contribution in [2.24, 2.45) is 0 Å². The Hall–Kier alpha value is -0.650. The first-order valence-electron chi connectivity index (χ1n) is 5.48. The summed E-state index contributed by atoms with van der Waals surface area (Å²) >= 11 is 5.08. The lowest BCUT2D eigenvalue weighted by Crippen LogP contribution is -2.11. The van der Waals surface area contributed by atoms with Gasteiger partial charge >= 0.3 is 0 Å². The van der Waals surface area contributed by atoms with Crippen LogP contribution in [0.15, 0.2) is 22.8 Å². The van der Waals surface area contributed by atoms with E-state index in [1.54, 1.807) is 17.5 Å². The van der Waals surface area contributed by atoms with Gasteiger partial charge in [0.15, 0.2) is 0 Å². The van der Waals surface area contributed by atoms with Crippen LogP contribution in [0.1, 0.15) is 41.4 Å². The van der Waals surface area contributed by atoms with Gasteiger partial charge in [0.25, 0.3) is 0 Å². The maximum Gasteiger partial charge on any atom is 0.130 e. The Bertz CT molecular complexity index is 499. The number of rotatable bonds is 3. The van der Waals surface area contributed by atoms with E-state index in [1.807, 2.05) is 23.7 Å². The van der Waals surface area contributed by atoms with Gasteiger partial charge in [0, 0.05) is 26.5 Å². The zero-order valence-electron chi connectivity index (χ0n) is 10.0. The van der Waals surface area contributed by atoms with E-state index in [2.05, 4.69) is 34.9 Å². The molecule has 0 fully saturated rings. The Morgan fingerprint density at radius 2 is 2.18 bits per heavy atom. The monoisotopic (exact) mass is 314 g/mol. The lowest BCUT2D eigenvalue weighted by atomic mass is 10.2. The fourth-order valence-electron chi connectivity index (χ4n) is 1.73. The van der Waals surface area contributed by atoms with Gasteiger partial charge in [0.05, 0.1) is 5.69 Å². The van der Waals surface area contributed by atoms with Crippen molar-refractivity contribution in [1.82, 2.24) is 9.78 Å². The van der Waals surface area contributed by atoms with Gasteiger partial charge < -0.3 is 5.11 Å². The summed E-state index contributed by atoms with van der Waals surface area (Å²) < 4.78 is 2.90. The Morgan fingerprint density at radius 3 is 2.71 bits per heavy atom. The summed E-state index contributed by atoms with van der Waals surface area (Å²) in [6.45, 7) is 6.14. The van der Waals surface area contributed by atoms with Crippen molar-refractivity contribution in [2.45, 2.75) is 32.9 Å². The zero-order valence-corrected chi connectivity index (χ0v) is 12.4. The minimum Gasteiger partial charge on any atom is -0.381 e. The van der Waals surface area contributed by atoms with Crippen molar-refractivity contribution < 1.29 is 5.11 Å². The second kappa shape index (κ2) is 4.92. The molecular formula is C12H15BrN2OS. The van der Waals surface area contributed by atoms with Gasteiger partial charge in [-0.2, -0.15) is 5.10 Å². The normalized spacial score (nSPS) is 13.3. The number of aryl methyl sites for hydroxylation is 1. The van der Waals surface area contributed by atoms with Crippen LogP contribution >= 0.6 is 27.3 Å². The van der Waals surface area contributed by atoms with Crippen LogP contribution in [0.3, 0.4) is 0 Å². The van der Waals surface area contributed by atoms with Gasteiger partial charge in [-0.05, 0) is 48.8 Å². The first-order valence-corrected chi connectivity index (χ1v) is 7.09. The molecule has 1 unspecified atom stereocenters. The summed E-state index contributed by atoms with van der Waals surface area (Å²) in [5.74, 6) is 0. The molecule has 2 aromatic heterocycles. The Balaban J connectivity index is 2.36. The van der Waals surface area contributed by atoms with Gasteiger partial charge in [-0.3, -0.25) is 4.68 Å². The second-order valence-corrected chi connectivity index (χ2v) is 6.39. The molecule has 0 aliphatic carbocycles. The second-order valence-electron chi connectivity index (χ2n) is 4.25. The van der Waals surface area contributed by atoms with Crippen molar-refractivity contribution >= 4 is 27.3 Å². The van der Waals surface area contributed by atoms with E-state index >= 15 is 0 Å². The molecular weight excluding hydrogens is 300 g/mol. The van der Waals surface area contributed by atoms with E-state index in [9.17, 15) is 5.11 Å². The Labute approximate surface area is 113 Å². The van der Waals surface area contributed by atoms with Crippen LogP contribution < -0.4 is 0 Å². The van der Waals surface area contributed by atoms with E-state index in [1.165, 1.54) is 4.88 Å². The summed E-state index contributed by atoms with van der Waals surface area (Å²) in [4.78, 5) is 2.12. The van der Waals surface area contributed by atoms with E-state index in [0.29, 0.717) is 0 Å². The first kappa shape index (κ1) is 12.8. The molecule has 2 aromatic rings. The van der Waals surface area contributed by atoms with Gasteiger partial charge in [-0.15, -0.1) is 11.3 Å². The maximum absolute atomic E-state index is 10.4. The molecule has 92 valence electrons. The van der Waals surface area contributed by atoms with E-state index in [4.69, 9.17) is 0 Å². The Kier molecular flexibility index (Phi) is 3.70. The summed E-state index contributed by atoms with van der Waals surface area (Å²) in [5, 5.41) is 14.6. The highest BCUT2D eigenvalue weighted by atomic mass is 79.9. The zero-order chi connectivity index (χ0) is 12.6. The van der Waals surface area contributed by atoms with Crippen molar-refractivity contribution in [3.8, 4) is 0 Å². The molecule has 3 nitrogen and oxygen atoms in total. The molecule has 1 N–H and O–H groups in total. The lowest BCUT2D eigenvalue weighted by molar-refractivity contribution is 0.208. The highest BCUT2D eigenvalue weighted by Crippen LogP contribution is 2.34. The molecule has 17 heavy (non-hydrogen) atoms. The number of aliphatic hydroxyl groups excluding tert-OH is 1. The molecule has 2 heterocycles. The van der Waals surface area contributed by atoms with E-state index in [0.717, 1.165) is 15.0 Å². The largest absolute Gasteiger partial charge is 0.381 e. The molecule has 0 saturated heterocycles. The van der Waals surface area contributed by atoms with Crippen molar-refractivity contribution in [1.29, 1.82) is 0 Å². The summed E-state index contributed by atoms with van der Waals surface area (Å²) in [6, 6.07) is 4.09. The number of hydrogen-bond donors (Lipinski definition) is 1. The average molecular weight is 315 g/mol. The highest BCUT2D eigenvalue weighted by Gasteiger charge is 2.19. The number of aliphatic hydroxyl groups is 1. The third-order valence-corrected chi connectivity index (χ3v) is 4.80. The van der Waals surface area contributed by atoms with E-state index < -0.39 is 6.10 Å². The number of thiophene rings is 1. The minimum atomic E-state index is -0.602. The molecule has 2 rings (SSSR count). The molecule has 0 aliphatic heterocycles. The third-order valence-electron chi connectivity index (χ3n) is 2.62. The number of nitrogens with zero attached hydrogens (tertiary/aromatic N) is 2. The molecule has 0 bridgehead atoms. The predicted molar refractivity (Wildman–Crippen MR) is 73.4 cm³/mol. The SMILES string of the molecule is Cc1sc(C(O)c2ccnn2C(C)C)cc1Br. The fourth-order valence-corrected chi connectivity index (χ4v) is 3.29. The highest BCUT2D eigenvalue weighted by molar-refractivity contribution is 9.10. The molecule has 0 aliphatic rings. The predicted octanol–water partition coefficient (Wildman–Crippen LogP) is 3.68. The third kappa shape index (κ3) is 2.46. The first-order chi connectivity index (χ1) is 8.00. The minimum absolute atomic E-state index is 0.249. The number of hydrogen-bond acceptors (Lipinski definition) is 3. The topological polar surface area (TPSA) is 38.1 Å². The molecule has 5 heteroatoms. The number of halogens is 1. The summed E-state index contributed by atoms with van der Waals surface area (Å²) in [6.07, 6.45) is 1.13. The summed E-state index contributed by atoms with van der Waals surface area (Å²) in [7, 11) is 0. The quantitative estimate of drug-likeness (QED) is 0.938. The maximum atomic E-state index is 10.4. The smallest absolute Gasteiger partial charge is 0.130 e. The fraction of sp³-hybridized carbons (Fsp3) is 0.417. The van der Waals surface area contributed by atoms with Crippen LogP contribution in [-0.4, -0.2) is 14.9 Å². The molecule has 0 amide bonds. The molecule has 0 spiro atoms. The molecule has 0 saturated carbocycles. The Morgan fingerprint density at radius 1 is 1.47 bits per heavy atom. The lowest BCUT2D eigenvalue weighted by Gasteiger charge is -2.14. The van der Waals surface area contributed by atoms with Crippen LogP contribution in [0.4, 0.5) is 0 Å². The summed E-state index contributed by atoms with van der Waals surface area (Å²) in [5.41, 5.74) is 0.841. The molecule has 1 atom stereocenters. The molecule has 0 radical (unpaired) electrons. The van der Waals surface area contributed by atoms with Gasteiger partial charge in [-0.1, -0.05) is 0 Å². The van der Waals surface area contributed by atoms with E-state index in [-0.39, 0.29) is 6.04 Å². The molecule has 0 aromatic carbocycles. The number of aromatic nitrogens is 2. The van der Waals surface area contributed by atoms with Crippen molar-refractivity contribution in [2.75, 3.05) is 0 Å². The van der Waals surface area contributed by atoms with Crippen LogP contribution in [0.25, 0.3) is 0 Å². The average Bonchev–Trinajstić information content (AvgIpc) is 2.85. The van der Waals surface area contributed by atoms with Crippen molar-refractivity contribution in [3.05, 3.63) is 38.3 Å². The van der Waals surface area contributed by atoms with Crippen LogP contribution in [0, 0.1) is 6.92 Å². The van der Waals surface area contributed by atoms with Gasteiger partial charge in [0.2, 0.25) is 0 Å². The van der Waals surface area contributed by atoms with Gasteiger partial charge in [-0.25, -0.2) is 0 Å². The van der Waals surface area contributed by atoms with Gasteiger partial charge in [0.1, 0.15) is 6.10 Å². The van der Waals surface area contributed by atoms with Crippen LogP contribution in [0.2, 0.25) is 0 Å². The van der Waals surface area contributed by atoms with Crippen LogP contribution in [0.5, 0.6) is 0 Å².